The first kappa shape index (κ1) is 19.0. The number of aryl methyl sites for hydroxylation is 1. The van der Waals surface area contributed by atoms with Crippen molar-refractivity contribution in [2.75, 3.05) is 0 Å². The molecule has 0 saturated carbocycles. The molecule has 8 heteroatoms. The van der Waals surface area contributed by atoms with E-state index in [1.807, 2.05) is 0 Å². The Morgan fingerprint density at radius 3 is 2.40 bits per heavy atom. The fourth-order valence-corrected chi connectivity index (χ4v) is 3.81. The summed E-state index contributed by atoms with van der Waals surface area (Å²) in [6.07, 6.45) is 2.88. The van der Waals surface area contributed by atoms with E-state index in [1.165, 1.54) is 18.5 Å². The molecule has 0 aliphatic rings. The number of nitrogens with zero attached hydrogens (tertiary/aromatic N) is 2. The zero-order chi connectivity index (χ0) is 18.7. The number of hydrogen-bond donors (Lipinski definition) is 2. The van der Waals surface area contributed by atoms with Crippen molar-refractivity contribution in [3.05, 3.63) is 53.6 Å². The lowest BCUT2D eigenvalue weighted by Crippen LogP contribution is -2.41. The summed E-state index contributed by atoms with van der Waals surface area (Å²) in [5.74, 6) is -0.413. The topological polar surface area (TPSA) is 101 Å². The maximum absolute atomic E-state index is 12.6. The smallest absolute Gasteiger partial charge is 0.271 e. The fraction of sp³-hybridized carbons (Fsp3) is 0.353. The summed E-state index contributed by atoms with van der Waals surface area (Å²) >= 11 is 0. The Balaban J connectivity index is 2.18. The van der Waals surface area contributed by atoms with Crippen molar-refractivity contribution in [3.63, 3.8) is 0 Å². The van der Waals surface area contributed by atoms with Gasteiger partial charge in [0, 0.05) is 18.3 Å². The average Bonchev–Trinajstić information content (AvgIpc) is 2.51. The molecular formula is C17H22N4O3S. The normalized spacial score (nSPS) is 12.0. The van der Waals surface area contributed by atoms with Crippen LogP contribution in [0.25, 0.3) is 0 Å². The third-order valence-electron chi connectivity index (χ3n) is 3.16. The van der Waals surface area contributed by atoms with Crippen LogP contribution in [0.5, 0.6) is 0 Å². The van der Waals surface area contributed by atoms with Crippen molar-refractivity contribution in [2.24, 2.45) is 0 Å². The minimum Gasteiger partial charge on any atom is -0.347 e. The predicted molar refractivity (Wildman–Crippen MR) is 94.5 cm³/mol. The van der Waals surface area contributed by atoms with Gasteiger partial charge in [0.15, 0.2) is 0 Å². The molecule has 0 radical (unpaired) electrons. The minimum absolute atomic E-state index is 0.0651. The number of sulfonamides is 1. The summed E-state index contributed by atoms with van der Waals surface area (Å²) in [7, 11) is -3.70. The number of nitrogens with one attached hydrogen (secondary N) is 2. The Bertz CT molecular complexity index is 856. The molecule has 2 N–H and O–H groups in total. The molecule has 0 saturated heterocycles. The second kappa shape index (κ2) is 7.28. The van der Waals surface area contributed by atoms with Crippen molar-refractivity contribution in [2.45, 2.75) is 44.7 Å². The van der Waals surface area contributed by atoms with Gasteiger partial charge in [-0.3, -0.25) is 9.78 Å². The van der Waals surface area contributed by atoms with Crippen LogP contribution >= 0.6 is 0 Å². The molecule has 2 aromatic rings. The lowest BCUT2D eigenvalue weighted by molar-refractivity contribution is 0.0945. The van der Waals surface area contributed by atoms with Crippen molar-refractivity contribution in [1.29, 1.82) is 0 Å². The Hall–Kier alpha value is -2.32. The Morgan fingerprint density at radius 1 is 1.12 bits per heavy atom. The molecule has 2 rings (SSSR count). The van der Waals surface area contributed by atoms with Crippen LogP contribution in [0, 0.1) is 6.92 Å². The van der Waals surface area contributed by atoms with Gasteiger partial charge in [-0.1, -0.05) is 18.2 Å². The highest BCUT2D eigenvalue weighted by Gasteiger charge is 2.24. The SMILES string of the molecule is Cc1cnc(C(=O)NCc2ccccc2S(=O)(=O)NC(C)(C)C)cn1. The largest absolute Gasteiger partial charge is 0.347 e. The first-order valence-corrected chi connectivity index (χ1v) is 9.25. The maximum Gasteiger partial charge on any atom is 0.271 e. The first-order valence-electron chi connectivity index (χ1n) is 7.77. The highest BCUT2D eigenvalue weighted by atomic mass is 32.2. The summed E-state index contributed by atoms with van der Waals surface area (Å²) < 4.78 is 27.8. The molecule has 0 spiro atoms. The maximum atomic E-state index is 12.6. The third kappa shape index (κ3) is 5.33. The third-order valence-corrected chi connectivity index (χ3v) is 5.01. The van der Waals surface area contributed by atoms with E-state index in [-0.39, 0.29) is 17.1 Å². The average molecular weight is 362 g/mol. The van der Waals surface area contributed by atoms with Gasteiger partial charge in [0.05, 0.1) is 16.8 Å². The summed E-state index contributed by atoms with van der Waals surface area (Å²) in [6, 6.07) is 6.55. The molecular weight excluding hydrogens is 340 g/mol. The standard InChI is InChI=1S/C17H22N4O3S/c1-12-9-19-14(11-18-12)16(22)20-10-13-7-5-6-8-15(13)25(23,24)21-17(2,3)4/h5-9,11,21H,10H2,1-4H3,(H,20,22). The van der Waals surface area contributed by atoms with Crippen molar-refractivity contribution in [1.82, 2.24) is 20.0 Å². The summed E-state index contributed by atoms with van der Waals surface area (Å²) in [5.41, 5.74) is 0.778. The Labute approximate surface area is 148 Å². The van der Waals surface area contributed by atoms with E-state index in [4.69, 9.17) is 0 Å². The molecule has 25 heavy (non-hydrogen) atoms. The van der Waals surface area contributed by atoms with Crippen molar-refractivity contribution >= 4 is 15.9 Å². The second-order valence-corrected chi connectivity index (χ2v) is 8.34. The Kier molecular flexibility index (Phi) is 5.54. The van der Waals surface area contributed by atoms with Crippen LogP contribution in [0.15, 0.2) is 41.6 Å². The van der Waals surface area contributed by atoms with Crippen LogP contribution in [0.3, 0.4) is 0 Å². The molecule has 1 aromatic heterocycles. The lowest BCUT2D eigenvalue weighted by atomic mass is 10.1. The molecule has 1 aromatic carbocycles. The second-order valence-electron chi connectivity index (χ2n) is 6.69. The van der Waals surface area contributed by atoms with Crippen LogP contribution in [0.4, 0.5) is 0 Å². The van der Waals surface area contributed by atoms with Gasteiger partial charge in [0.25, 0.3) is 5.91 Å². The van der Waals surface area contributed by atoms with Gasteiger partial charge in [-0.25, -0.2) is 18.1 Å². The predicted octanol–water partition coefficient (Wildman–Crippen LogP) is 1.79. The van der Waals surface area contributed by atoms with Crippen LogP contribution in [0.1, 0.15) is 42.5 Å². The highest BCUT2D eigenvalue weighted by Crippen LogP contribution is 2.17. The molecule has 0 bridgehead atoms. The van der Waals surface area contributed by atoms with Gasteiger partial charge in [0.1, 0.15) is 5.69 Å². The number of benzene rings is 1. The van der Waals surface area contributed by atoms with E-state index < -0.39 is 21.5 Å². The highest BCUT2D eigenvalue weighted by molar-refractivity contribution is 7.89. The van der Waals surface area contributed by atoms with Crippen LogP contribution < -0.4 is 10.0 Å². The molecule has 7 nitrogen and oxygen atoms in total. The lowest BCUT2D eigenvalue weighted by Gasteiger charge is -2.21. The van der Waals surface area contributed by atoms with Crippen molar-refractivity contribution in [3.8, 4) is 0 Å². The number of hydrogen-bond acceptors (Lipinski definition) is 5. The molecule has 0 aliphatic carbocycles. The quantitative estimate of drug-likeness (QED) is 0.844. The summed E-state index contributed by atoms with van der Waals surface area (Å²) in [4.78, 5) is 20.3. The van der Waals surface area contributed by atoms with Crippen LogP contribution in [-0.4, -0.2) is 29.8 Å². The molecule has 0 fully saturated rings. The summed E-state index contributed by atoms with van der Waals surface area (Å²) in [5, 5.41) is 2.68. The van der Waals surface area contributed by atoms with Crippen LogP contribution in [-0.2, 0) is 16.6 Å². The number of amides is 1. The molecule has 1 heterocycles. The zero-order valence-electron chi connectivity index (χ0n) is 14.7. The van der Waals surface area contributed by atoms with Gasteiger partial charge in [-0.05, 0) is 39.3 Å². The van der Waals surface area contributed by atoms with E-state index in [2.05, 4.69) is 20.0 Å². The molecule has 0 atom stereocenters. The molecule has 0 aliphatic heterocycles. The van der Waals surface area contributed by atoms with E-state index >= 15 is 0 Å². The molecule has 1 amide bonds. The van der Waals surface area contributed by atoms with Gasteiger partial charge in [-0.15, -0.1) is 0 Å². The number of carbonyl (C=O) groups is 1. The van der Waals surface area contributed by atoms with E-state index in [9.17, 15) is 13.2 Å². The number of carbonyl (C=O) groups excluding carboxylic acids is 1. The fourth-order valence-electron chi connectivity index (χ4n) is 2.15. The number of rotatable bonds is 5. The van der Waals surface area contributed by atoms with E-state index in [0.717, 1.165) is 0 Å². The summed E-state index contributed by atoms with van der Waals surface area (Å²) in [6.45, 7) is 7.15. The van der Waals surface area contributed by atoms with Gasteiger partial charge >= 0.3 is 0 Å². The minimum atomic E-state index is -3.70. The van der Waals surface area contributed by atoms with Crippen molar-refractivity contribution < 1.29 is 13.2 Å². The Morgan fingerprint density at radius 2 is 1.80 bits per heavy atom. The first-order chi connectivity index (χ1) is 11.6. The van der Waals surface area contributed by atoms with Gasteiger partial charge in [0.2, 0.25) is 10.0 Å². The molecule has 0 unspecified atom stereocenters. The van der Waals surface area contributed by atoms with Crippen LogP contribution in [0.2, 0.25) is 0 Å². The zero-order valence-corrected chi connectivity index (χ0v) is 15.5. The molecule has 134 valence electrons. The number of aromatic nitrogens is 2. The monoisotopic (exact) mass is 362 g/mol. The van der Waals surface area contributed by atoms with E-state index in [1.54, 1.807) is 45.9 Å². The van der Waals surface area contributed by atoms with Gasteiger partial charge < -0.3 is 5.32 Å². The van der Waals surface area contributed by atoms with Gasteiger partial charge in [-0.2, -0.15) is 0 Å². The van der Waals surface area contributed by atoms with E-state index in [0.29, 0.717) is 11.3 Å².